The van der Waals surface area contributed by atoms with Gasteiger partial charge >= 0.3 is 0 Å². The maximum absolute atomic E-state index is 11.7. The van der Waals surface area contributed by atoms with Crippen LogP contribution in [-0.4, -0.2) is 17.2 Å². The Labute approximate surface area is 85.3 Å². The van der Waals surface area contributed by atoms with E-state index in [1.807, 2.05) is 0 Å². The monoisotopic (exact) mass is 191 g/mol. The van der Waals surface area contributed by atoms with Crippen molar-refractivity contribution in [3.63, 3.8) is 0 Å². The van der Waals surface area contributed by atoms with Crippen LogP contribution in [0.15, 0.2) is 23.5 Å². The Morgan fingerprint density at radius 3 is 3.07 bits per heavy atom. The molecule has 1 heterocycles. The highest BCUT2D eigenvalue weighted by Gasteiger charge is 2.24. The summed E-state index contributed by atoms with van der Waals surface area (Å²) in [6.07, 6.45) is 9.12. The standard InChI is InChI=1S/C12H17NO/c1-2-8-13-9-4-5-10-11(13)6-3-7-12(10)14/h4,9H,2-3,5-8H2,1H3. The molecule has 0 aromatic heterocycles. The second-order valence-corrected chi connectivity index (χ2v) is 3.98. The molecule has 2 aliphatic rings. The summed E-state index contributed by atoms with van der Waals surface area (Å²) in [5, 5.41) is 0. The molecule has 0 aromatic carbocycles. The summed E-state index contributed by atoms with van der Waals surface area (Å²) in [4.78, 5) is 13.9. The highest BCUT2D eigenvalue weighted by Crippen LogP contribution is 2.30. The molecule has 2 rings (SSSR count). The highest BCUT2D eigenvalue weighted by atomic mass is 16.1. The van der Waals surface area contributed by atoms with Crippen LogP contribution in [0.25, 0.3) is 0 Å². The minimum atomic E-state index is 0.372. The maximum atomic E-state index is 11.7. The van der Waals surface area contributed by atoms with Gasteiger partial charge < -0.3 is 4.90 Å². The van der Waals surface area contributed by atoms with E-state index in [2.05, 4.69) is 24.1 Å². The Hall–Kier alpha value is -1.05. The van der Waals surface area contributed by atoms with Crippen molar-refractivity contribution in [1.82, 2.24) is 4.90 Å². The van der Waals surface area contributed by atoms with Crippen LogP contribution in [0.2, 0.25) is 0 Å². The zero-order chi connectivity index (χ0) is 9.97. The molecule has 0 saturated heterocycles. The molecule has 0 saturated carbocycles. The molecule has 14 heavy (non-hydrogen) atoms. The topological polar surface area (TPSA) is 20.3 Å². The van der Waals surface area contributed by atoms with Gasteiger partial charge in [0.15, 0.2) is 5.78 Å². The molecular formula is C12H17NO. The van der Waals surface area contributed by atoms with Crippen LogP contribution in [0.3, 0.4) is 0 Å². The fourth-order valence-electron chi connectivity index (χ4n) is 2.27. The summed E-state index contributed by atoms with van der Waals surface area (Å²) in [5.74, 6) is 0.372. The van der Waals surface area contributed by atoms with E-state index in [1.165, 1.54) is 5.70 Å². The van der Waals surface area contributed by atoms with Crippen LogP contribution in [0.5, 0.6) is 0 Å². The molecule has 0 unspecified atom stereocenters. The largest absolute Gasteiger partial charge is 0.351 e. The predicted molar refractivity (Wildman–Crippen MR) is 56.6 cm³/mol. The van der Waals surface area contributed by atoms with Gasteiger partial charge in [-0.1, -0.05) is 13.0 Å². The van der Waals surface area contributed by atoms with Crippen LogP contribution in [0.4, 0.5) is 0 Å². The van der Waals surface area contributed by atoms with Gasteiger partial charge in [0.1, 0.15) is 0 Å². The fourth-order valence-corrected chi connectivity index (χ4v) is 2.27. The molecule has 1 aliphatic heterocycles. The average Bonchev–Trinajstić information content (AvgIpc) is 2.20. The van der Waals surface area contributed by atoms with Crippen molar-refractivity contribution in [2.75, 3.05) is 6.54 Å². The molecule has 0 fully saturated rings. The lowest BCUT2D eigenvalue weighted by Crippen LogP contribution is -2.26. The normalized spacial score (nSPS) is 21.5. The van der Waals surface area contributed by atoms with Crippen molar-refractivity contribution in [2.45, 2.75) is 39.0 Å². The first kappa shape index (κ1) is 9.50. The van der Waals surface area contributed by atoms with Crippen molar-refractivity contribution in [3.05, 3.63) is 23.5 Å². The maximum Gasteiger partial charge on any atom is 0.160 e. The number of carbonyl (C=O) groups is 1. The summed E-state index contributed by atoms with van der Waals surface area (Å²) >= 11 is 0. The molecule has 0 aromatic rings. The third-order valence-corrected chi connectivity index (χ3v) is 2.92. The van der Waals surface area contributed by atoms with Crippen molar-refractivity contribution in [3.8, 4) is 0 Å². The summed E-state index contributed by atoms with van der Waals surface area (Å²) in [6, 6.07) is 0. The van der Waals surface area contributed by atoms with Crippen LogP contribution in [-0.2, 0) is 4.79 Å². The quantitative estimate of drug-likeness (QED) is 0.668. The lowest BCUT2D eigenvalue weighted by Gasteiger charge is -2.31. The highest BCUT2D eigenvalue weighted by molar-refractivity contribution is 5.97. The number of hydrogen-bond acceptors (Lipinski definition) is 2. The molecule has 76 valence electrons. The van der Waals surface area contributed by atoms with E-state index in [-0.39, 0.29) is 0 Å². The Morgan fingerprint density at radius 1 is 1.43 bits per heavy atom. The smallest absolute Gasteiger partial charge is 0.160 e. The zero-order valence-corrected chi connectivity index (χ0v) is 8.75. The van der Waals surface area contributed by atoms with E-state index < -0.39 is 0 Å². The first-order valence-electron chi connectivity index (χ1n) is 5.51. The predicted octanol–water partition coefficient (Wildman–Crippen LogP) is 2.62. The third kappa shape index (κ3) is 1.61. The van der Waals surface area contributed by atoms with Gasteiger partial charge in [-0.3, -0.25) is 4.79 Å². The lowest BCUT2D eigenvalue weighted by molar-refractivity contribution is -0.116. The van der Waals surface area contributed by atoms with Gasteiger partial charge in [0, 0.05) is 30.4 Å². The number of hydrogen-bond donors (Lipinski definition) is 0. The summed E-state index contributed by atoms with van der Waals surface area (Å²) < 4.78 is 0. The number of Topliss-reactive ketones (excluding diaryl/α,β-unsaturated/α-hetero) is 1. The molecule has 0 N–H and O–H groups in total. The SMILES string of the molecule is CCCN1C=CCC2=C1CCCC2=O. The Bertz CT molecular complexity index is 301. The Balaban J connectivity index is 2.24. The van der Waals surface area contributed by atoms with Crippen LogP contribution < -0.4 is 0 Å². The number of carbonyl (C=O) groups excluding carboxylic acids is 1. The molecular weight excluding hydrogens is 174 g/mol. The summed E-state index contributed by atoms with van der Waals surface area (Å²) in [5.41, 5.74) is 2.37. The number of rotatable bonds is 2. The van der Waals surface area contributed by atoms with Gasteiger partial charge in [-0.15, -0.1) is 0 Å². The lowest BCUT2D eigenvalue weighted by atomic mass is 9.90. The fraction of sp³-hybridized carbons (Fsp3) is 0.583. The second kappa shape index (κ2) is 3.99. The van der Waals surface area contributed by atoms with Crippen molar-refractivity contribution in [1.29, 1.82) is 0 Å². The molecule has 0 amide bonds. The zero-order valence-electron chi connectivity index (χ0n) is 8.75. The average molecular weight is 191 g/mol. The van der Waals surface area contributed by atoms with E-state index in [4.69, 9.17) is 0 Å². The number of nitrogens with zero attached hydrogens (tertiary/aromatic N) is 1. The minimum Gasteiger partial charge on any atom is -0.351 e. The van der Waals surface area contributed by atoms with Crippen LogP contribution in [0.1, 0.15) is 39.0 Å². The second-order valence-electron chi connectivity index (χ2n) is 3.98. The molecule has 2 nitrogen and oxygen atoms in total. The van der Waals surface area contributed by atoms with Gasteiger partial charge in [0.2, 0.25) is 0 Å². The minimum absolute atomic E-state index is 0.372. The van der Waals surface area contributed by atoms with E-state index >= 15 is 0 Å². The van der Waals surface area contributed by atoms with Crippen molar-refractivity contribution < 1.29 is 4.79 Å². The first-order valence-corrected chi connectivity index (χ1v) is 5.51. The number of ketones is 1. The van der Waals surface area contributed by atoms with Gasteiger partial charge in [-0.25, -0.2) is 0 Å². The molecule has 0 radical (unpaired) electrons. The molecule has 0 spiro atoms. The summed E-state index contributed by atoms with van der Waals surface area (Å²) in [7, 11) is 0. The van der Waals surface area contributed by atoms with E-state index in [0.717, 1.165) is 44.2 Å². The van der Waals surface area contributed by atoms with Gasteiger partial charge in [0.25, 0.3) is 0 Å². The van der Waals surface area contributed by atoms with Crippen molar-refractivity contribution in [2.24, 2.45) is 0 Å². The van der Waals surface area contributed by atoms with E-state index in [1.54, 1.807) is 0 Å². The summed E-state index contributed by atoms with van der Waals surface area (Å²) in [6.45, 7) is 3.22. The number of allylic oxidation sites excluding steroid dienone is 3. The van der Waals surface area contributed by atoms with Gasteiger partial charge in [-0.2, -0.15) is 0 Å². The van der Waals surface area contributed by atoms with Gasteiger partial charge in [0.05, 0.1) is 0 Å². The van der Waals surface area contributed by atoms with Crippen LogP contribution >= 0.6 is 0 Å². The third-order valence-electron chi connectivity index (χ3n) is 2.92. The van der Waals surface area contributed by atoms with Crippen molar-refractivity contribution >= 4 is 5.78 Å². The molecule has 1 aliphatic carbocycles. The first-order chi connectivity index (χ1) is 6.83. The van der Waals surface area contributed by atoms with Crippen LogP contribution in [0, 0.1) is 0 Å². The molecule has 0 bridgehead atoms. The molecule has 2 heteroatoms. The van der Waals surface area contributed by atoms with Gasteiger partial charge in [-0.05, 0) is 25.7 Å². The Kier molecular flexibility index (Phi) is 2.71. The van der Waals surface area contributed by atoms with E-state index in [0.29, 0.717) is 5.78 Å². The van der Waals surface area contributed by atoms with E-state index in [9.17, 15) is 4.79 Å². The Morgan fingerprint density at radius 2 is 2.29 bits per heavy atom. The molecule has 0 atom stereocenters.